The van der Waals surface area contributed by atoms with E-state index < -0.39 is 11.9 Å². The number of esters is 2. The molecule has 0 aliphatic carbocycles. The van der Waals surface area contributed by atoms with Crippen molar-refractivity contribution in [3.63, 3.8) is 0 Å². The van der Waals surface area contributed by atoms with Gasteiger partial charge in [0.25, 0.3) is 5.78 Å². The van der Waals surface area contributed by atoms with E-state index in [1.807, 2.05) is 6.92 Å². The van der Waals surface area contributed by atoms with Crippen LogP contribution < -0.4 is 0 Å². The topological polar surface area (TPSA) is 109 Å². The molecule has 0 aliphatic rings. The van der Waals surface area contributed by atoms with Crippen LogP contribution in [0.4, 0.5) is 0 Å². The molecule has 3 aromatic rings. The van der Waals surface area contributed by atoms with Gasteiger partial charge in [-0.3, -0.25) is 0 Å². The average molecular weight is 330 g/mol. The summed E-state index contributed by atoms with van der Waals surface area (Å²) in [6.07, 6.45) is 3.33. The van der Waals surface area contributed by atoms with Crippen molar-refractivity contribution < 1.29 is 23.5 Å². The molecule has 3 rings (SSSR count). The number of aromatic nitrogens is 4. The Bertz CT molecular complexity index is 898. The lowest BCUT2D eigenvalue weighted by atomic mass is 10.2. The van der Waals surface area contributed by atoms with E-state index in [0.29, 0.717) is 29.2 Å². The largest absolute Gasteiger partial charge is 0.463 e. The Morgan fingerprint density at radius 3 is 2.83 bits per heavy atom. The monoisotopic (exact) mass is 330 g/mol. The van der Waals surface area contributed by atoms with Crippen molar-refractivity contribution >= 4 is 17.7 Å². The maximum absolute atomic E-state index is 12.3. The molecule has 0 unspecified atom stereocenters. The third-order valence-corrected chi connectivity index (χ3v) is 3.35. The molecule has 24 heavy (non-hydrogen) atoms. The van der Waals surface area contributed by atoms with E-state index in [0.717, 1.165) is 0 Å². The van der Waals surface area contributed by atoms with E-state index in [1.165, 1.54) is 30.2 Å². The predicted molar refractivity (Wildman–Crippen MR) is 79.3 cm³/mol. The summed E-state index contributed by atoms with van der Waals surface area (Å²) < 4.78 is 16.5. The Morgan fingerprint density at radius 2 is 2.08 bits per heavy atom. The van der Waals surface area contributed by atoms with Crippen molar-refractivity contribution in [2.45, 2.75) is 20.0 Å². The molecule has 0 atom stereocenters. The summed E-state index contributed by atoms with van der Waals surface area (Å²) in [4.78, 5) is 31.7. The van der Waals surface area contributed by atoms with Gasteiger partial charge in [0.15, 0.2) is 0 Å². The van der Waals surface area contributed by atoms with Gasteiger partial charge in [0.1, 0.15) is 18.7 Å². The molecule has 0 saturated heterocycles. The number of carbonyl (C=O) groups is 2. The van der Waals surface area contributed by atoms with Gasteiger partial charge >= 0.3 is 11.9 Å². The minimum absolute atomic E-state index is 0.0449. The van der Waals surface area contributed by atoms with Crippen molar-refractivity contribution in [3.05, 3.63) is 47.4 Å². The molecule has 124 valence electrons. The quantitative estimate of drug-likeness (QED) is 0.646. The van der Waals surface area contributed by atoms with Crippen LogP contribution in [0, 0.1) is 0 Å². The van der Waals surface area contributed by atoms with Crippen LogP contribution in [-0.2, 0) is 22.5 Å². The second-order valence-electron chi connectivity index (χ2n) is 4.78. The van der Waals surface area contributed by atoms with Crippen molar-refractivity contribution in [1.82, 2.24) is 19.6 Å². The number of methoxy groups -OCH3 is 1. The number of rotatable bonds is 5. The van der Waals surface area contributed by atoms with Gasteiger partial charge in [0, 0.05) is 6.20 Å². The Morgan fingerprint density at radius 1 is 1.25 bits per heavy atom. The Kier molecular flexibility index (Phi) is 4.23. The first-order chi connectivity index (χ1) is 11.6. The van der Waals surface area contributed by atoms with Crippen molar-refractivity contribution in [2.75, 3.05) is 7.11 Å². The molecular formula is C15H14N4O5. The van der Waals surface area contributed by atoms with E-state index in [2.05, 4.69) is 19.8 Å². The first-order valence-electron chi connectivity index (χ1n) is 7.15. The number of aryl methyl sites for hydroxylation is 1. The van der Waals surface area contributed by atoms with Gasteiger partial charge in [0.2, 0.25) is 5.76 Å². The molecule has 9 nitrogen and oxygen atoms in total. The Balaban J connectivity index is 1.75. The average Bonchev–Trinajstić information content (AvgIpc) is 3.26. The van der Waals surface area contributed by atoms with Gasteiger partial charge in [-0.15, -0.1) is 0 Å². The van der Waals surface area contributed by atoms with Crippen LogP contribution in [0.3, 0.4) is 0 Å². The molecule has 0 spiro atoms. The number of hydrogen-bond acceptors (Lipinski definition) is 8. The molecule has 0 bridgehead atoms. The van der Waals surface area contributed by atoms with Crippen LogP contribution in [0.2, 0.25) is 0 Å². The molecule has 0 radical (unpaired) electrons. The third kappa shape index (κ3) is 2.83. The minimum Gasteiger partial charge on any atom is -0.463 e. The lowest BCUT2D eigenvalue weighted by molar-refractivity contribution is 0.0436. The van der Waals surface area contributed by atoms with E-state index in [4.69, 9.17) is 9.15 Å². The lowest BCUT2D eigenvalue weighted by Gasteiger charge is -2.08. The zero-order valence-electron chi connectivity index (χ0n) is 13.1. The molecule has 0 aliphatic heterocycles. The van der Waals surface area contributed by atoms with Crippen LogP contribution in [0.25, 0.3) is 5.78 Å². The van der Waals surface area contributed by atoms with Crippen molar-refractivity contribution in [2.24, 2.45) is 0 Å². The second kappa shape index (κ2) is 6.49. The van der Waals surface area contributed by atoms with E-state index in [9.17, 15) is 9.59 Å². The number of hydrogen-bond donors (Lipinski definition) is 0. The SMILES string of the molecule is CCc1c(C(=O)OCc2ccc(C(=O)OC)o2)cnc2ncnn12. The molecule has 0 fully saturated rings. The summed E-state index contributed by atoms with van der Waals surface area (Å²) in [6.45, 7) is 1.77. The fourth-order valence-corrected chi connectivity index (χ4v) is 2.22. The first-order valence-corrected chi connectivity index (χ1v) is 7.15. The summed E-state index contributed by atoms with van der Waals surface area (Å²) in [5, 5.41) is 4.05. The summed E-state index contributed by atoms with van der Waals surface area (Å²) in [5.74, 6) is -0.369. The maximum Gasteiger partial charge on any atom is 0.373 e. The van der Waals surface area contributed by atoms with E-state index in [1.54, 1.807) is 6.07 Å². The summed E-state index contributed by atoms with van der Waals surface area (Å²) in [7, 11) is 1.25. The van der Waals surface area contributed by atoms with Crippen molar-refractivity contribution in [1.29, 1.82) is 0 Å². The summed E-state index contributed by atoms with van der Waals surface area (Å²) >= 11 is 0. The van der Waals surface area contributed by atoms with Gasteiger partial charge < -0.3 is 13.9 Å². The van der Waals surface area contributed by atoms with E-state index in [-0.39, 0.29) is 12.4 Å². The highest BCUT2D eigenvalue weighted by atomic mass is 16.5. The molecule has 0 aromatic carbocycles. The summed E-state index contributed by atoms with van der Waals surface area (Å²) in [6, 6.07) is 2.99. The number of nitrogens with zero attached hydrogens (tertiary/aromatic N) is 4. The first kappa shape index (κ1) is 15.7. The Labute approximate surface area is 136 Å². The Hall–Kier alpha value is -3.23. The fraction of sp³-hybridized carbons (Fsp3) is 0.267. The van der Waals surface area contributed by atoms with Crippen LogP contribution in [-0.4, -0.2) is 38.6 Å². The van der Waals surface area contributed by atoms with E-state index >= 15 is 0 Å². The zero-order valence-corrected chi connectivity index (χ0v) is 13.1. The predicted octanol–water partition coefficient (Wildman–Crippen LogP) is 1.42. The highest BCUT2D eigenvalue weighted by molar-refractivity contribution is 5.90. The molecule has 3 aromatic heterocycles. The van der Waals surface area contributed by atoms with Crippen LogP contribution in [0.5, 0.6) is 0 Å². The molecule has 9 heteroatoms. The molecule has 0 amide bonds. The molecule has 3 heterocycles. The molecule has 0 saturated carbocycles. The number of carbonyl (C=O) groups excluding carboxylic acids is 2. The molecule has 0 N–H and O–H groups in total. The third-order valence-electron chi connectivity index (χ3n) is 3.35. The van der Waals surface area contributed by atoms with Gasteiger partial charge in [0.05, 0.1) is 18.4 Å². The van der Waals surface area contributed by atoms with Gasteiger partial charge in [-0.1, -0.05) is 6.92 Å². The summed E-state index contributed by atoms with van der Waals surface area (Å²) in [5.41, 5.74) is 0.951. The van der Waals surface area contributed by atoms with Crippen LogP contribution in [0.15, 0.2) is 29.1 Å². The van der Waals surface area contributed by atoms with Gasteiger partial charge in [-0.25, -0.2) is 19.1 Å². The molecular weight excluding hydrogens is 316 g/mol. The highest BCUT2D eigenvalue weighted by Gasteiger charge is 2.18. The maximum atomic E-state index is 12.3. The second-order valence-corrected chi connectivity index (χ2v) is 4.78. The lowest BCUT2D eigenvalue weighted by Crippen LogP contribution is -2.13. The minimum atomic E-state index is -0.596. The number of ether oxygens (including phenoxy) is 2. The highest BCUT2D eigenvalue weighted by Crippen LogP contribution is 2.14. The number of fused-ring (bicyclic) bond motifs is 1. The van der Waals surface area contributed by atoms with Crippen molar-refractivity contribution in [3.8, 4) is 0 Å². The smallest absolute Gasteiger partial charge is 0.373 e. The fourth-order valence-electron chi connectivity index (χ4n) is 2.22. The van der Waals surface area contributed by atoms with Gasteiger partial charge in [-0.2, -0.15) is 10.1 Å². The zero-order chi connectivity index (χ0) is 17.1. The van der Waals surface area contributed by atoms with Gasteiger partial charge in [-0.05, 0) is 18.6 Å². The standard InChI is InChI=1S/C15H14N4O5/c1-3-11-10(6-16-15-17-8-18-19(11)15)13(20)23-7-9-4-5-12(24-9)14(21)22-2/h4-6,8H,3,7H2,1-2H3. The number of furan rings is 1. The van der Waals surface area contributed by atoms with Crippen LogP contribution >= 0.6 is 0 Å². The normalized spacial score (nSPS) is 10.8. The van der Waals surface area contributed by atoms with Crippen LogP contribution in [0.1, 0.15) is 39.3 Å².